The molecule has 8 rings (SSSR count). The van der Waals surface area contributed by atoms with Crippen molar-refractivity contribution in [2.45, 2.75) is 30.8 Å². The average molecular weight is 652 g/mol. The molecule has 1 aliphatic heterocycles. The van der Waals surface area contributed by atoms with Crippen molar-refractivity contribution in [3.8, 4) is 11.5 Å². The normalized spacial score (nSPS) is 27.5. The van der Waals surface area contributed by atoms with Crippen LogP contribution in [0.15, 0.2) is 127 Å². The minimum Gasteiger partial charge on any atom is -0.508 e. The van der Waals surface area contributed by atoms with Crippen LogP contribution in [-0.4, -0.2) is 38.8 Å². The Morgan fingerprint density at radius 3 is 2.16 bits per heavy atom. The van der Waals surface area contributed by atoms with E-state index in [2.05, 4.69) is 0 Å². The van der Waals surface area contributed by atoms with E-state index in [-0.39, 0.29) is 47.4 Å². The second-order valence-corrected chi connectivity index (χ2v) is 13.3. The van der Waals surface area contributed by atoms with Crippen molar-refractivity contribution in [1.82, 2.24) is 5.06 Å². The molecule has 1 saturated carbocycles. The number of phenols is 1. The molecule has 4 aliphatic rings. The van der Waals surface area contributed by atoms with E-state index < -0.39 is 46.8 Å². The van der Waals surface area contributed by atoms with Gasteiger partial charge < -0.3 is 9.84 Å². The van der Waals surface area contributed by atoms with Crippen LogP contribution < -0.4 is 4.74 Å². The molecule has 0 radical (unpaired) electrons. The quantitative estimate of drug-likeness (QED) is 0.145. The molecule has 3 aliphatic carbocycles. The van der Waals surface area contributed by atoms with E-state index in [1.807, 2.05) is 72.8 Å². The van der Waals surface area contributed by atoms with Gasteiger partial charge in [-0.1, -0.05) is 109 Å². The molecule has 1 heterocycles. The summed E-state index contributed by atoms with van der Waals surface area (Å²) in [7, 11) is 0. The first-order chi connectivity index (χ1) is 23.8. The number of carbonyl (C=O) groups is 4. The van der Waals surface area contributed by atoms with Gasteiger partial charge in [-0.15, -0.1) is 0 Å². The highest BCUT2D eigenvalue weighted by Gasteiger charge is 2.66. The van der Waals surface area contributed by atoms with Crippen molar-refractivity contribution in [1.29, 1.82) is 0 Å². The van der Waals surface area contributed by atoms with E-state index >= 15 is 4.79 Å². The molecule has 0 bridgehead atoms. The molecule has 6 atom stereocenters. The number of nitrogens with zero attached hydrogens (tertiary/aromatic N) is 1. The Morgan fingerprint density at radius 1 is 0.796 bits per heavy atom. The third-order valence-electron chi connectivity index (χ3n) is 10.9. The summed E-state index contributed by atoms with van der Waals surface area (Å²) in [6, 6.07) is 32.8. The Morgan fingerprint density at radius 2 is 1.47 bits per heavy atom. The first-order valence-corrected chi connectivity index (χ1v) is 16.5. The fraction of sp³-hybridized carbons (Fsp3) is 0.220. The number of hydrogen-bond donors (Lipinski definition) is 2. The Labute approximate surface area is 282 Å². The molecule has 2 fully saturated rings. The van der Waals surface area contributed by atoms with Crippen molar-refractivity contribution < 1.29 is 34.2 Å². The number of hydroxylamine groups is 2. The van der Waals surface area contributed by atoms with Crippen molar-refractivity contribution in [2.75, 3.05) is 0 Å². The summed E-state index contributed by atoms with van der Waals surface area (Å²) < 4.78 is 6.01. The first-order valence-electron chi connectivity index (χ1n) is 16.5. The molecule has 6 unspecified atom stereocenters. The smallest absolute Gasteiger partial charge is 0.257 e. The molecule has 244 valence electrons. The van der Waals surface area contributed by atoms with Gasteiger partial charge in [-0.05, 0) is 47.6 Å². The molecule has 4 aromatic carbocycles. The van der Waals surface area contributed by atoms with Crippen LogP contribution in [0.1, 0.15) is 41.0 Å². The van der Waals surface area contributed by atoms with E-state index in [4.69, 9.17) is 4.74 Å². The maximum absolute atomic E-state index is 15.0. The molecular formula is C41H33NO7. The van der Waals surface area contributed by atoms with Crippen LogP contribution in [0.5, 0.6) is 11.5 Å². The van der Waals surface area contributed by atoms with Gasteiger partial charge in [-0.3, -0.25) is 24.4 Å². The maximum Gasteiger partial charge on any atom is 0.257 e. The number of Topliss-reactive ketones (excluding diaryl/α,β-unsaturated/α-hetero) is 1. The highest BCUT2D eigenvalue weighted by molar-refractivity contribution is 6.31. The van der Waals surface area contributed by atoms with Gasteiger partial charge in [0.05, 0.1) is 17.3 Å². The van der Waals surface area contributed by atoms with E-state index in [9.17, 15) is 24.7 Å². The number of allylic oxidation sites excluding steroid dienone is 4. The molecule has 8 heteroatoms. The number of ketones is 2. The third kappa shape index (κ3) is 4.70. The Bertz CT molecular complexity index is 2060. The number of fused-ring (bicyclic) bond motifs is 4. The second-order valence-electron chi connectivity index (χ2n) is 13.3. The molecule has 0 spiro atoms. The van der Waals surface area contributed by atoms with Gasteiger partial charge in [0.25, 0.3) is 11.8 Å². The summed E-state index contributed by atoms with van der Waals surface area (Å²) in [5.74, 6) is -5.75. The summed E-state index contributed by atoms with van der Waals surface area (Å²) in [6.07, 6.45) is 3.61. The average Bonchev–Trinajstić information content (AvgIpc) is 3.36. The largest absolute Gasteiger partial charge is 0.508 e. The summed E-state index contributed by atoms with van der Waals surface area (Å²) in [6.45, 7) is 0.281. The lowest BCUT2D eigenvalue weighted by molar-refractivity contribution is -0.173. The Hall–Kier alpha value is -5.60. The number of benzene rings is 4. The molecule has 0 aromatic heterocycles. The van der Waals surface area contributed by atoms with Gasteiger partial charge in [-0.2, -0.15) is 5.06 Å². The van der Waals surface area contributed by atoms with Crippen LogP contribution in [0.2, 0.25) is 0 Å². The number of aromatic hydroxyl groups is 1. The van der Waals surface area contributed by atoms with Crippen molar-refractivity contribution in [2.24, 2.45) is 23.7 Å². The predicted molar refractivity (Wildman–Crippen MR) is 179 cm³/mol. The Balaban J connectivity index is 1.33. The summed E-state index contributed by atoms with van der Waals surface area (Å²) in [5, 5.41) is 22.5. The van der Waals surface area contributed by atoms with Gasteiger partial charge in [-0.25, -0.2) is 0 Å². The zero-order valence-electron chi connectivity index (χ0n) is 26.4. The topological polar surface area (TPSA) is 121 Å². The highest BCUT2D eigenvalue weighted by atomic mass is 16.5. The summed E-state index contributed by atoms with van der Waals surface area (Å²) >= 11 is 0. The Kier molecular flexibility index (Phi) is 7.41. The standard InChI is InChI=1S/C41H33NO7/c43-34-20-27(49-23-24-10-4-1-5-11-24)16-17-29(34)37-28-18-19-30-36(40(47)42(48)39(30)46)32(28)21-33-38(45)31(25-12-6-2-7-13-25)22-35(44)41(33,37)26-14-8-3-9-15-26/h1-18,20,22,30,32-33,36-37,43,48H,19,21,23H2. The van der Waals surface area contributed by atoms with Gasteiger partial charge in [0.15, 0.2) is 11.6 Å². The lowest BCUT2D eigenvalue weighted by Gasteiger charge is -2.55. The maximum atomic E-state index is 15.0. The van der Waals surface area contributed by atoms with Crippen molar-refractivity contribution in [3.63, 3.8) is 0 Å². The highest BCUT2D eigenvalue weighted by Crippen LogP contribution is 2.64. The molecule has 1 saturated heterocycles. The van der Waals surface area contributed by atoms with Crippen LogP contribution in [0.4, 0.5) is 0 Å². The van der Waals surface area contributed by atoms with Gasteiger partial charge in [0.2, 0.25) is 0 Å². The zero-order valence-corrected chi connectivity index (χ0v) is 26.4. The number of amides is 2. The predicted octanol–water partition coefficient (Wildman–Crippen LogP) is 6.18. The second kappa shape index (κ2) is 11.8. The number of imide groups is 1. The van der Waals surface area contributed by atoms with Crippen LogP contribution in [0.3, 0.4) is 0 Å². The SMILES string of the molecule is O=C1C(c2ccccc2)=CC(=O)C2(c3ccccc3)C1CC1C(=CCC3C(=O)N(O)C(=O)C31)C2c1ccc(OCc2ccccc2)cc1O. The molecule has 2 amide bonds. The zero-order chi connectivity index (χ0) is 33.9. The molecule has 49 heavy (non-hydrogen) atoms. The van der Waals surface area contributed by atoms with Gasteiger partial charge >= 0.3 is 0 Å². The van der Waals surface area contributed by atoms with E-state index in [1.165, 1.54) is 12.1 Å². The lowest BCUT2D eigenvalue weighted by Crippen LogP contribution is -2.58. The van der Waals surface area contributed by atoms with E-state index in [0.29, 0.717) is 28.0 Å². The molecular weight excluding hydrogens is 618 g/mol. The van der Waals surface area contributed by atoms with Gasteiger partial charge in [0.1, 0.15) is 18.1 Å². The number of ether oxygens (including phenoxy) is 1. The first kappa shape index (κ1) is 30.7. The number of hydrogen-bond acceptors (Lipinski definition) is 7. The minimum absolute atomic E-state index is 0.110. The minimum atomic E-state index is -1.47. The number of phenolic OH excluding ortho intramolecular Hbond substituents is 1. The van der Waals surface area contributed by atoms with Crippen LogP contribution in [0, 0.1) is 23.7 Å². The van der Waals surface area contributed by atoms with Gasteiger partial charge in [0, 0.05) is 29.0 Å². The monoisotopic (exact) mass is 651 g/mol. The van der Waals surface area contributed by atoms with Crippen molar-refractivity contribution in [3.05, 3.63) is 149 Å². The molecule has 2 N–H and O–H groups in total. The van der Waals surface area contributed by atoms with E-state index in [0.717, 1.165) is 5.56 Å². The summed E-state index contributed by atoms with van der Waals surface area (Å²) in [4.78, 5) is 56.4. The lowest BCUT2D eigenvalue weighted by atomic mass is 9.44. The molecule has 8 nitrogen and oxygen atoms in total. The van der Waals surface area contributed by atoms with Crippen molar-refractivity contribution >= 4 is 29.0 Å². The number of rotatable bonds is 6. The van der Waals surface area contributed by atoms with E-state index in [1.54, 1.807) is 36.4 Å². The fourth-order valence-electron chi connectivity index (χ4n) is 8.80. The fourth-order valence-corrected chi connectivity index (χ4v) is 8.80. The van der Waals surface area contributed by atoms with Crippen LogP contribution in [0.25, 0.3) is 5.57 Å². The summed E-state index contributed by atoms with van der Waals surface area (Å²) in [5.41, 5.74) is 2.10. The van der Waals surface area contributed by atoms with Crippen LogP contribution in [-0.2, 0) is 31.2 Å². The molecule has 4 aromatic rings. The third-order valence-corrected chi connectivity index (χ3v) is 10.9. The number of carbonyl (C=O) groups excluding carboxylic acids is 4. The van der Waals surface area contributed by atoms with Crippen LogP contribution >= 0.6 is 0 Å².